The molecule has 0 N–H and O–H groups in total. The van der Waals surface area contributed by atoms with Gasteiger partial charge in [0.25, 0.3) is 0 Å². The van der Waals surface area contributed by atoms with E-state index in [2.05, 4.69) is 164 Å². The van der Waals surface area contributed by atoms with Gasteiger partial charge >= 0.3 is 0 Å². The molecular formula is C46H27OPS2. The molecule has 0 saturated heterocycles. The van der Waals surface area contributed by atoms with Crippen LogP contribution in [0.25, 0.3) is 83.4 Å². The molecule has 0 radical (unpaired) electrons. The molecule has 0 atom stereocenters. The number of thiophene rings is 2. The van der Waals surface area contributed by atoms with Crippen molar-refractivity contribution in [2.45, 2.75) is 0 Å². The zero-order chi connectivity index (χ0) is 33.0. The maximum atomic E-state index is 17.2. The molecule has 0 fully saturated rings. The monoisotopic (exact) mass is 690 g/mol. The second kappa shape index (κ2) is 10.6. The van der Waals surface area contributed by atoms with Gasteiger partial charge in [-0.15, -0.1) is 22.7 Å². The van der Waals surface area contributed by atoms with Gasteiger partial charge in [0.15, 0.2) is 7.14 Å². The van der Waals surface area contributed by atoms with Crippen LogP contribution in [-0.4, -0.2) is 0 Å². The highest BCUT2D eigenvalue weighted by Crippen LogP contribution is 2.51. The maximum absolute atomic E-state index is 17.2. The van der Waals surface area contributed by atoms with E-state index in [4.69, 9.17) is 0 Å². The zero-order valence-corrected chi connectivity index (χ0v) is 29.3. The van der Waals surface area contributed by atoms with Crippen molar-refractivity contribution in [3.05, 3.63) is 164 Å². The summed E-state index contributed by atoms with van der Waals surface area (Å²) in [6.45, 7) is 0. The van der Waals surface area contributed by atoms with E-state index in [0.29, 0.717) is 0 Å². The van der Waals surface area contributed by atoms with Crippen molar-refractivity contribution in [2.24, 2.45) is 0 Å². The fourth-order valence-electron chi connectivity index (χ4n) is 8.26. The number of hydrogen-bond acceptors (Lipinski definition) is 3. The van der Waals surface area contributed by atoms with E-state index in [9.17, 15) is 0 Å². The van der Waals surface area contributed by atoms with Gasteiger partial charge in [0.1, 0.15) is 0 Å². The van der Waals surface area contributed by atoms with Gasteiger partial charge in [-0.3, -0.25) is 0 Å². The third-order valence-corrected chi connectivity index (χ3v) is 15.9. The van der Waals surface area contributed by atoms with E-state index in [1.807, 2.05) is 0 Å². The number of hydrogen-bond donors (Lipinski definition) is 0. The standard InChI is InChI=1S/C46H27OPS2/c47-48(29-21-23-43-38(26-29)35-16-7-9-19-41(35)49-43,30-22-24-44-39(27-30)36-17-8-10-20-42(36)50-44)46-31-12-2-1-11-28(31)25-40-34-15-4-3-13-32(34)33-14-5-6-18-37(33)45(40)46/h1-27H. The molecule has 234 valence electrons. The molecule has 11 aromatic rings. The average Bonchev–Trinajstić information content (AvgIpc) is 3.74. The van der Waals surface area contributed by atoms with Gasteiger partial charge in [-0.25, -0.2) is 0 Å². The van der Waals surface area contributed by atoms with Crippen LogP contribution in [0.2, 0.25) is 0 Å². The molecule has 0 amide bonds. The van der Waals surface area contributed by atoms with Crippen molar-refractivity contribution in [1.29, 1.82) is 0 Å². The minimum Gasteiger partial charge on any atom is -0.309 e. The molecule has 0 unspecified atom stereocenters. The zero-order valence-electron chi connectivity index (χ0n) is 26.8. The Morgan fingerprint density at radius 1 is 0.340 bits per heavy atom. The lowest BCUT2D eigenvalue weighted by atomic mass is 9.92. The van der Waals surface area contributed by atoms with Crippen LogP contribution in [0.15, 0.2) is 164 Å². The van der Waals surface area contributed by atoms with Crippen LogP contribution in [0.4, 0.5) is 0 Å². The molecule has 50 heavy (non-hydrogen) atoms. The highest BCUT2D eigenvalue weighted by molar-refractivity contribution is 7.86. The molecule has 0 spiro atoms. The van der Waals surface area contributed by atoms with Crippen LogP contribution in [0.3, 0.4) is 0 Å². The number of rotatable bonds is 3. The normalized spacial score (nSPS) is 12.5. The van der Waals surface area contributed by atoms with Crippen LogP contribution in [-0.2, 0) is 4.57 Å². The Morgan fingerprint density at radius 3 is 1.34 bits per heavy atom. The summed E-state index contributed by atoms with van der Waals surface area (Å²) in [5, 5.41) is 16.4. The average molecular weight is 691 g/mol. The first kappa shape index (κ1) is 28.5. The van der Waals surface area contributed by atoms with Crippen molar-refractivity contribution in [1.82, 2.24) is 0 Å². The summed E-state index contributed by atoms with van der Waals surface area (Å²) >= 11 is 3.59. The first-order valence-electron chi connectivity index (χ1n) is 16.9. The minimum absolute atomic E-state index is 0.863. The van der Waals surface area contributed by atoms with Crippen LogP contribution in [0.5, 0.6) is 0 Å². The molecule has 11 rings (SSSR count). The van der Waals surface area contributed by atoms with Gasteiger partial charge in [0.05, 0.1) is 0 Å². The van der Waals surface area contributed by atoms with Gasteiger partial charge in [0.2, 0.25) is 0 Å². The Morgan fingerprint density at radius 2 is 0.760 bits per heavy atom. The van der Waals surface area contributed by atoms with Crippen molar-refractivity contribution < 1.29 is 4.57 Å². The van der Waals surface area contributed by atoms with Crippen LogP contribution < -0.4 is 15.9 Å². The predicted octanol–water partition coefficient (Wildman–Crippen LogP) is 12.7. The second-order valence-electron chi connectivity index (χ2n) is 13.1. The summed E-state index contributed by atoms with van der Waals surface area (Å²) in [5.41, 5.74) is 0. The van der Waals surface area contributed by atoms with E-state index in [1.54, 1.807) is 22.7 Å². The van der Waals surface area contributed by atoms with E-state index in [1.165, 1.54) is 45.7 Å². The SMILES string of the molecule is O=P(c1ccc2sc3ccccc3c2c1)(c1ccc2sc3ccccc3c2c1)c1c2ccccc2cc2c3ccccc3c3ccccc3c12. The Kier molecular flexibility index (Phi) is 6.04. The smallest absolute Gasteiger partial charge is 0.172 e. The van der Waals surface area contributed by atoms with Gasteiger partial charge in [-0.1, -0.05) is 109 Å². The molecule has 0 aliphatic rings. The number of fused-ring (bicyclic) bond motifs is 13. The molecule has 2 aromatic heterocycles. The molecule has 1 nitrogen and oxygen atoms in total. The molecule has 0 aliphatic carbocycles. The highest BCUT2D eigenvalue weighted by Gasteiger charge is 2.35. The molecule has 0 aliphatic heterocycles. The largest absolute Gasteiger partial charge is 0.309 e. The molecule has 0 saturated carbocycles. The van der Waals surface area contributed by atoms with Crippen molar-refractivity contribution in [3.63, 3.8) is 0 Å². The number of benzene rings is 9. The molecule has 4 heteroatoms. The quantitative estimate of drug-likeness (QED) is 0.102. The van der Waals surface area contributed by atoms with Crippen molar-refractivity contribution in [2.75, 3.05) is 0 Å². The predicted molar refractivity (Wildman–Crippen MR) is 222 cm³/mol. The van der Waals surface area contributed by atoms with Crippen molar-refractivity contribution in [3.8, 4) is 0 Å². The van der Waals surface area contributed by atoms with Gasteiger partial charge in [-0.05, 0) is 92.3 Å². The van der Waals surface area contributed by atoms with Crippen molar-refractivity contribution >= 4 is 129 Å². The highest BCUT2D eigenvalue weighted by atomic mass is 32.1. The minimum atomic E-state index is -3.56. The third-order valence-electron chi connectivity index (χ3n) is 10.5. The van der Waals surface area contributed by atoms with Gasteiger partial charge in [-0.2, -0.15) is 0 Å². The Balaban J connectivity index is 1.37. The summed E-state index contributed by atoms with van der Waals surface area (Å²) in [4.78, 5) is 0. The topological polar surface area (TPSA) is 17.1 Å². The van der Waals surface area contributed by atoms with E-state index in [0.717, 1.165) is 53.6 Å². The van der Waals surface area contributed by atoms with Crippen LogP contribution in [0, 0.1) is 0 Å². The van der Waals surface area contributed by atoms with Gasteiger partial charge in [0, 0.05) is 61.6 Å². The summed E-state index contributed by atoms with van der Waals surface area (Å²) < 4.78 is 22.1. The summed E-state index contributed by atoms with van der Waals surface area (Å²) in [5.74, 6) is 0. The molecule has 0 bridgehead atoms. The Bertz CT molecular complexity index is 3140. The maximum Gasteiger partial charge on any atom is 0.172 e. The fourth-order valence-corrected chi connectivity index (χ4v) is 13.5. The van der Waals surface area contributed by atoms with E-state index in [-0.39, 0.29) is 0 Å². The van der Waals surface area contributed by atoms with Crippen LogP contribution in [0.1, 0.15) is 0 Å². The van der Waals surface area contributed by atoms with Crippen LogP contribution >= 0.6 is 29.8 Å². The Hall–Kier alpha value is -5.31. The van der Waals surface area contributed by atoms with E-state index >= 15 is 4.57 Å². The fraction of sp³-hybridized carbons (Fsp3) is 0. The Labute approximate surface area is 296 Å². The summed E-state index contributed by atoms with van der Waals surface area (Å²) in [7, 11) is -3.56. The second-order valence-corrected chi connectivity index (χ2v) is 18.0. The lowest BCUT2D eigenvalue weighted by Crippen LogP contribution is -2.26. The lowest BCUT2D eigenvalue weighted by molar-refractivity contribution is 0.593. The molecular weight excluding hydrogens is 664 g/mol. The third kappa shape index (κ3) is 3.91. The lowest BCUT2D eigenvalue weighted by Gasteiger charge is -2.25. The first-order chi connectivity index (χ1) is 24.7. The molecule has 2 heterocycles. The van der Waals surface area contributed by atoms with E-state index < -0.39 is 7.14 Å². The summed E-state index contributed by atoms with van der Waals surface area (Å²) in [6, 6.07) is 58.5. The summed E-state index contributed by atoms with van der Waals surface area (Å²) in [6.07, 6.45) is 0. The first-order valence-corrected chi connectivity index (χ1v) is 20.2. The molecule has 9 aromatic carbocycles. The van der Waals surface area contributed by atoms with Gasteiger partial charge < -0.3 is 4.57 Å².